The van der Waals surface area contributed by atoms with Gasteiger partial charge in [-0.3, -0.25) is 19.3 Å². The topological polar surface area (TPSA) is 89.6 Å². The maximum Gasteiger partial charge on any atom is 0.303 e. The number of aliphatic carboxylic acids is 1. The molecule has 3 aromatic rings. The van der Waals surface area contributed by atoms with E-state index in [1.165, 1.54) is 13.2 Å². The Kier molecular flexibility index (Phi) is 4.84. The second-order valence-corrected chi connectivity index (χ2v) is 6.74. The standard InChI is InChI=1S/C21H19FN4O3/c1-12-11-24-21-16(6-7-19(27)28)25-20(15-5-3-4-8-23-15)13-9-14(22)18(29-2)10-17(13)26(12)21/h3-5,8-11,16H,6-7H2,1-2H3,(H,27,28)/t16-/m0/s1. The van der Waals surface area contributed by atoms with E-state index >= 15 is 0 Å². The molecule has 0 unspecified atom stereocenters. The van der Waals surface area contributed by atoms with Gasteiger partial charge in [-0.2, -0.15) is 0 Å². The van der Waals surface area contributed by atoms with E-state index in [4.69, 9.17) is 9.73 Å². The summed E-state index contributed by atoms with van der Waals surface area (Å²) >= 11 is 0. The van der Waals surface area contributed by atoms with Crippen molar-refractivity contribution in [3.63, 3.8) is 0 Å². The van der Waals surface area contributed by atoms with E-state index in [-0.39, 0.29) is 18.6 Å². The number of carbonyl (C=O) groups is 1. The van der Waals surface area contributed by atoms with Crippen LogP contribution in [0.5, 0.6) is 5.75 Å². The van der Waals surface area contributed by atoms with Gasteiger partial charge in [-0.15, -0.1) is 0 Å². The number of carboxylic acid groups (broad SMARTS) is 1. The first-order chi connectivity index (χ1) is 14.0. The van der Waals surface area contributed by atoms with Crippen molar-refractivity contribution >= 4 is 11.7 Å². The van der Waals surface area contributed by atoms with Gasteiger partial charge in [-0.1, -0.05) is 6.07 Å². The van der Waals surface area contributed by atoms with E-state index in [1.807, 2.05) is 17.6 Å². The second kappa shape index (κ2) is 7.46. The summed E-state index contributed by atoms with van der Waals surface area (Å²) in [6.07, 6.45) is 3.53. The van der Waals surface area contributed by atoms with Crippen LogP contribution in [0, 0.1) is 12.7 Å². The minimum Gasteiger partial charge on any atom is -0.494 e. The van der Waals surface area contributed by atoms with Gasteiger partial charge in [0.1, 0.15) is 11.9 Å². The van der Waals surface area contributed by atoms with Gasteiger partial charge in [-0.05, 0) is 31.5 Å². The van der Waals surface area contributed by atoms with E-state index in [0.717, 1.165) is 5.69 Å². The molecular formula is C21H19FN4O3. The molecule has 1 aromatic carbocycles. The molecule has 1 atom stereocenters. The molecule has 0 saturated heterocycles. The lowest BCUT2D eigenvalue weighted by molar-refractivity contribution is -0.137. The first-order valence-electron chi connectivity index (χ1n) is 9.13. The molecule has 4 rings (SSSR count). The summed E-state index contributed by atoms with van der Waals surface area (Å²) < 4.78 is 21.7. The van der Waals surface area contributed by atoms with Gasteiger partial charge >= 0.3 is 5.97 Å². The van der Waals surface area contributed by atoms with E-state index in [9.17, 15) is 14.3 Å². The number of imidazole rings is 1. The summed E-state index contributed by atoms with van der Waals surface area (Å²) in [5.74, 6) is -0.723. The molecule has 0 aliphatic carbocycles. The van der Waals surface area contributed by atoms with Crippen molar-refractivity contribution in [3.05, 3.63) is 71.3 Å². The quantitative estimate of drug-likeness (QED) is 0.716. The Morgan fingerprint density at radius 2 is 2.14 bits per heavy atom. The zero-order chi connectivity index (χ0) is 20.5. The maximum atomic E-state index is 14.7. The number of fused-ring (bicyclic) bond motifs is 3. The molecular weight excluding hydrogens is 375 g/mol. The molecule has 8 heteroatoms. The number of hydrogen-bond acceptors (Lipinski definition) is 5. The van der Waals surface area contributed by atoms with Crippen LogP contribution in [0.1, 0.15) is 41.7 Å². The van der Waals surface area contributed by atoms with Crippen LogP contribution in [-0.2, 0) is 4.79 Å². The molecule has 7 nitrogen and oxygen atoms in total. The Labute approximate surface area is 166 Å². The van der Waals surface area contributed by atoms with Crippen LogP contribution in [-0.4, -0.2) is 38.4 Å². The average molecular weight is 394 g/mol. The van der Waals surface area contributed by atoms with E-state index < -0.39 is 17.8 Å². The van der Waals surface area contributed by atoms with E-state index in [1.54, 1.807) is 30.6 Å². The Hall–Kier alpha value is -3.55. The highest BCUT2D eigenvalue weighted by molar-refractivity contribution is 6.14. The molecule has 29 heavy (non-hydrogen) atoms. The fraction of sp³-hybridized carbons (Fsp3) is 0.238. The molecule has 0 bridgehead atoms. The van der Waals surface area contributed by atoms with Crippen LogP contribution >= 0.6 is 0 Å². The van der Waals surface area contributed by atoms with E-state index in [0.29, 0.717) is 28.5 Å². The minimum absolute atomic E-state index is 0.0659. The number of aromatic nitrogens is 3. The fourth-order valence-corrected chi connectivity index (χ4v) is 3.52. The lowest BCUT2D eigenvalue weighted by atomic mass is 10.0. The normalized spacial score (nSPS) is 15.1. The number of benzene rings is 1. The Morgan fingerprint density at radius 1 is 1.31 bits per heavy atom. The van der Waals surface area contributed by atoms with Crippen LogP contribution in [0.25, 0.3) is 5.69 Å². The number of halogens is 1. The summed E-state index contributed by atoms with van der Waals surface area (Å²) in [5, 5.41) is 9.17. The highest BCUT2D eigenvalue weighted by Crippen LogP contribution is 2.36. The number of hydrogen-bond donors (Lipinski definition) is 1. The summed E-state index contributed by atoms with van der Waals surface area (Å²) in [7, 11) is 1.41. The molecule has 2 aromatic heterocycles. The SMILES string of the molecule is COc1cc2c(cc1F)C(c1ccccn1)=N[C@@H](CCC(=O)O)c1ncc(C)n1-2. The smallest absolute Gasteiger partial charge is 0.303 e. The molecule has 3 heterocycles. The first kappa shape index (κ1) is 18.8. The summed E-state index contributed by atoms with van der Waals surface area (Å²) in [6.45, 7) is 1.89. The Balaban J connectivity index is 2.00. The third-order valence-electron chi connectivity index (χ3n) is 4.85. The van der Waals surface area contributed by atoms with Crippen molar-refractivity contribution in [1.82, 2.24) is 14.5 Å². The molecule has 1 aliphatic rings. The van der Waals surface area contributed by atoms with Crippen molar-refractivity contribution in [2.75, 3.05) is 7.11 Å². The number of nitrogens with zero attached hydrogens (tertiary/aromatic N) is 4. The van der Waals surface area contributed by atoms with Crippen molar-refractivity contribution < 1.29 is 19.0 Å². The van der Waals surface area contributed by atoms with Gasteiger partial charge in [0.2, 0.25) is 0 Å². The molecule has 148 valence electrons. The lowest BCUT2D eigenvalue weighted by Gasteiger charge is -2.15. The fourth-order valence-electron chi connectivity index (χ4n) is 3.52. The van der Waals surface area contributed by atoms with Crippen molar-refractivity contribution in [3.8, 4) is 11.4 Å². The summed E-state index contributed by atoms with van der Waals surface area (Å²) in [5.41, 5.74) is 3.09. The van der Waals surface area contributed by atoms with Gasteiger partial charge in [0, 0.05) is 36.1 Å². The minimum atomic E-state index is -0.913. The van der Waals surface area contributed by atoms with Gasteiger partial charge in [0.25, 0.3) is 0 Å². The highest BCUT2D eigenvalue weighted by atomic mass is 19.1. The number of aryl methyl sites for hydroxylation is 1. The zero-order valence-corrected chi connectivity index (χ0v) is 16.0. The van der Waals surface area contributed by atoms with Gasteiger partial charge in [0.05, 0.1) is 24.2 Å². The summed E-state index contributed by atoms with van der Waals surface area (Å²) in [6, 6.07) is 7.88. The lowest BCUT2D eigenvalue weighted by Crippen LogP contribution is -2.10. The zero-order valence-electron chi connectivity index (χ0n) is 16.0. The predicted molar refractivity (Wildman–Crippen MR) is 104 cm³/mol. The van der Waals surface area contributed by atoms with Crippen molar-refractivity contribution in [1.29, 1.82) is 0 Å². The van der Waals surface area contributed by atoms with Crippen LogP contribution < -0.4 is 4.74 Å². The number of aliphatic imine (C=N–C) groups is 1. The molecule has 0 spiro atoms. The van der Waals surface area contributed by atoms with Gasteiger partial charge < -0.3 is 9.84 Å². The largest absolute Gasteiger partial charge is 0.494 e. The van der Waals surface area contributed by atoms with Crippen LogP contribution in [0.2, 0.25) is 0 Å². The number of ether oxygens (including phenoxy) is 1. The van der Waals surface area contributed by atoms with Crippen LogP contribution in [0.3, 0.4) is 0 Å². The molecule has 0 amide bonds. The maximum absolute atomic E-state index is 14.7. The Morgan fingerprint density at radius 3 is 2.83 bits per heavy atom. The van der Waals surface area contributed by atoms with Gasteiger partial charge in [0.15, 0.2) is 11.6 Å². The third-order valence-corrected chi connectivity index (χ3v) is 4.85. The van der Waals surface area contributed by atoms with Crippen LogP contribution in [0.4, 0.5) is 4.39 Å². The van der Waals surface area contributed by atoms with Crippen molar-refractivity contribution in [2.45, 2.75) is 25.8 Å². The molecule has 0 saturated carbocycles. The molecule has 0 fully saturated rings. The predicted octanol–water partition coefficient (Wildman–Crippen LogP) is 3.48. The summed E-state index contributed by atoms with van der Waals surface area (Å²) in [4.78, 5) is 24.9. The highest BCUT2D eigenvalue weighted by Gasteiger charge is 2.29. The van der Waals surface area contributed by atoms with Gasteiger partial charge in [-0.25, -0.2) is 9.37 Å². The Bertz CT molecular complexity index is 1110. The molecule has 1 aliphatic heterocycles. The number of pyridine rings is 1. The molecule has 1 N–H and O–H groups in total. The monoisotopic (exact) mass is 394 g/mol. The number of methoxy groups -OCH3 is 1. The second-order valence-electron chi connectivity index (χ2n) is 6.74. The van der Waals surface area contributed by atoms with E-state index in [2.05, 4.69) is 9.97 Å². The number of rotatable bonds is 5. The third kappa shape index (κ3) is 3.37. The number of carboxylic acids is 1. The average Bonchev–Trinajstić information content (AvgIpc) is 3.03. The molecule has 0 radical (unpaired) electrons. The van der Waals surface area contributed by atoms with Crippen LogP contribution in [0.15, 0.2) is 47.7 Å². The van der Waals surface area contributed by atoms with Crippen molar-refractivity contribution in [2.24, 2.45) is 4.99 Å². The first-order valence-corrected chi connectivity index (χ1v) is 9.13.